The van der Waals surface area contributed by atoms with Crippen LogP contribution in [-0.2, 0) is 37.5 Å². The Morgan fingerprint density at radius 2 is 1.00 bits per heavy atom. The van der Waals surface area contributed by atoms with Gasteiger partial charge in [0.05, 0.1) is 13.2 Å². The molecule has 0 aliphatic carbocycles. The number of carbonyl (C=O) groups is 3. The highest BCUT2D eigenvalue weighted by Gasteiger charge is 2.28. The first-order chi connectivity index (χ1) is 26.1. The molecule has 3 atom stereocenters. The second-order valence-electron chi connectivity index (χ2n) is 13.4. The Morgan fingerprint density at radius 1 is 0.574 bits per heavy atom. The van der Waals surface area contributed by atoms with Gasteiger partial charge < -0.3 is 25.2 Å². The summed E-state index contributed by atoms with van der Waals surface area (Å²) in [5.74, 6) is -2.44. The maximum absolute atomic E-state index is 12.5. The summed E-state index contributed by atoms with van der Waals surface area (Å²) >= 11 is 0. The number of rotatable bonds is 37. The molecule has 4 N–H and O–H groups in total. The SMILES string of the molecule is CCCC/C=C/CCCCCCCC(=O)O[C@@H](COC(=O)CCCCC/C=C/C/C=C/C/C=C/C/C=C/CCCCC)COP(=O)(O)OC[C@@H](N)C(=O)O. The van der Waals surface area contributed by atoms with Crippen LogP contribution in [0.4, 0.5) is 0 Å². The van der Waals surface area contributed by atoms with Crippen LogP contribution in [0.2, 0.25) is 0 Å². The molecule has 0 rings (SSSR count). The molecule has 310 valence electrons. The van der Waals surface area contributed by atoms with Gasteiger partial charge in [-0.15, -0.1) is 0 Å². The van der Waals surface area contributed by atoms with Gasteiger partial charge in [0.25, 0.3) is 0 Å². The van der Waals surface area contributed by atoms with Crippen LogP contribution >= 0.6 is 7.82 Å². The zero-order valence-electron chi connectivity index (χ0n) is 33.3. The molecule has 0 aromatic carbocycles. The summed E-state index contributed by atoms with van der Waals surface area (Å²) in [6.07, 6.45) is 41.5. The number of hydrogen-bond acceptors (Lipinski definition) is 9. The van der Waals surface area contributed by atoms with Gasteiger partial charge in [0.1, 0.15) is 12.6 Å². The van der Waals surface area contributed by atoms with E-state index in [9.17, 15) is 23.8 Å². The summed E-state index contributed by atoms with van der Waals surface area (Å²) in [7, 11) is -4.72. The molecule has 12 heteroatoms. The number of carbonyl (C=O) groups excluding carboxylic acids is 2. The van der Waals surface area contributed by atoms with E-state index in [2.05, 4.69) is 79.1 Å². The van der Waals surface area contributed by atoms with E-state index in [0.717, 1.165) is 77.0 Å². The van der Waals surface area contributed by atoms with Gasteiger partial charge in [0, 0.05) is 12.8 Å². The third kappa shape index (κ3) is 36.2. The fourth-order valence-electron chi connectivity index (χ4n) is 4.97. The highest BCUT2D eigenvalue weighted by atomic mass is 31.2. The van der Waals surface area contributed by atoms with Crippen LogP contribution < -0.4 is 5.73 Å². The van der Waals surface area contributed by atoms with Gasteiger partial charge in [0.15, 0.2) is 6.10 Å². The van der Waals surface area contributed by atoms with Crippen molar-refractivity contribution in [3.8, 4) is 0 Å². The zero-order chi connectivity index (χ0) is 40.0. The van der Waals surface area contributed by atoms with Crippen LogP contribution in [0.5, 0.6) is 0 Å². The van der Waals surface area contributed by atoms with Gasteiger partial charge in [-0.2, -0.15) is 0 Å². The van der Waals surface area contributed by atoms with Crippen molar-refractivity contribution in [2.75, 3.05) is 19.8 Å². The monoisotopic (exact) mass is 781 g/mol. The van der Waals surface area contributed by atoms with Gasteiger partial charge in [-0.1, -0.05) is 126 Å². The quantitative estimate of drug-likeness (QED) is 0.0237. The van der Waals surface area contributed by atoms with E-state index in [0.29, 0.717) is 12.8 Å². The zero-order valence-corrected chi connectivity index (χ0v) is 34.2. The lowest BCUT2D eigenvalue weighted by atomic mass is 10.1. The number of nitrogens with two attached hydrogens (primary N) is 1. The van der Waals surface area contributed by atoms with Crippen LogP contribution in [0.25, 0.3) is 0 Å². The van der Waals surface area contributed by atoms with Crippen molar-refractivity contribution in [1.29, 1.82) is 0 Å². The highest BCUT2D eigenvalue weighted by molar-refractivity contribution is 7.47. The van der Waals surface area contributed by atoms with Crippen LogP contribution in [0.15, 0.2) is 60.8 Å². The molecular formula is C42H72NO10P. The van der Waals surface area contributed by atoms with E-state index in [-0.39, 0.29) is 19.4 Å². The molecule has 0 amide bonds. The van der Waals surface area contributed by atoms with Gasteiger partial charge in [-0.05, 0) is 77.0 Å². The number of carboxylic acids is 1. The smallest absolute Gasteiger partial charge is 0.472 e. The standard InChI is InChI=1S/C42H72NO10P/c1-3-5-7-9-11-13-15-16-17-18-19-20-21-22-24-25-27-29-31-33-40(44)50-35-38(36-51-54(48,49)52-37-39(43)42(46)47)53-41(45)34-32-30-28-26-23-14-12-10-8-6-4-2/h10-13,16-17,19-20,22,24,38-39H,3-9,14-15,18,21,23,25-37,43H2,1-2H3,(H,46,47)(H,48,49)/b12-10+,13-11+,17-16+,20-19+,24-22+/t38-,39+/m0/s1. The molecule has 0 saturated carbocycles. The molecule has 0 bridgehead atoms. The van der Waals surface area contributed by atoms with Gasteiger partial charge in [-0.25, -0.2) is 4.57 Å². The predicted octanol–water partition coefficient (Wildman–Crippen LogP) is 10.4. The summed E-state index contributed by atoms with van der Waals surface area (Å²) in [5.41, 5.74) is 5.32. The summed E-state index contributed by atoms with van der Waals surface area (Å²) in [6.45, 7) is 2.67. The second-order valence-corrected chi connectivity index (χ2v) is 14.9. The predicted molar refractivity (Wildman–Crippen MR) is 217 cm³/mol. The first kappa shape index (κ1) is 51.2. The van der Waals surface area contributed by atoms with Gasteiger partial charge in [0.2, 0.25) is 0 Å². The van der Waals surface area contributed by atoms with Crippen molar-refractivity contribution < 1.29 is 47.5 Å². The number of phosphoric acid groups is 1. The minimum atomic E-state index is -4.72. The van der Waals surface area contributed by atoms with E-state index in [1.54, 1.807) is 0 Å². The van der Waals surface area contributed by atoms with E-state index < -0.39 is 51.1 Å². The average Bonchev–Trinajstić information content (AvgIpc) is 3.14. The Balaban J connectivity index is 4.45. The minimum absolute atomic E-state index is 0.140. The normalized spacial score (nSPS) is 14.4. The van der Waals surface area contributed by atoms with Crippen molar-refractivity contribution in [2.45, 2.75) is 167 Å². The van der Waals surface area contributed by atoms with Gasteiger partial charge in [-0.3, -0.25) is 23.4 Å². The first-order valence-electron chi connectivity index (χ1n) is 20.3. The number of unbranched alkanes of at least 4 members (excludes halogenated alkanes) is 13. The molecule has 0 saturated heterocycles. The third-order valence-electron chi connectivity index (χ3n) is 8.24. The Morgan fingerprint density at radius 3 is 1.56 bits per heavy atom. The molecule has 54 heavy (non-hydrogen) atoms. The molecule has 0 aromatic heterocycles. The maximum atomic E-state index is 12.5. The number of allylic oxidation sites excluding steroid dienone is 10. The van der Waals surface area contributed by atoms with Crippen LogP contribution in [-0.4, -0.2) is 59.9 Å². The molecule has 0 aliphatic rings. The van der Waals surface area contributed by atoms with Crippen molar-refractivity contribution in [3.05, 3.63) is 60.8 Å². The van der Waals surface area contributed by atoms with Crippen molar-refractivity contribution in [1.82, 2.24) is 0 Å². The van der Waals surface area contributed by atoms with E-state index in [1.165, 1.54) is 38.5 Å². The lowest BCUT2D eigenvalue weighted by Gasteiger charge is -2.20. The number of aliphatic carboxylic acids is 1. The Hall–Kier alpha value is -2.82. The lowest BCUT2D eigenvalue weighted by Crippen LogP contribution is -2.34. The molecule has 0 aromatic rings. The first-order valence-corrected chi connectivity index (χ1v) is 21.8. The molecule has 0 aliphatic heterocycles. The molecule has 1 unspecified atom stereocenters. The Bertz CT molecular complexity index is 1150. The van der Waals surface area contributed by atoms with Crippen molar-refractivity contribution in [2.24, 2.45) is 5.73 Å². The van der Waals surface area contributed by atoms with Crippen molar-refractivity contribution in [3.63, 3.8) is 0 Å². The number of carboxylic acid groups (broad SMARTS) is 1. The summed E-state index contributed by atoms with van der Waals surface area (Å²) in [5, 5.41) is 8.86. The van der Waals surface area contributed by atoms with Crippen LogP contribution in [0.1, 0.15) is 155 Å². The van der Waals surface area contributed by atoms with Crippen LogP contribution in [0, 0.1) is 0 Å². The van der Waals surface area contributed by atoms with E-state index >= 15 is 0 Å². The molecule has 0 fully saturated rings. The fraction of sp³-hybridized carbons (Fsp3) is 0.690. The molecule has 11 nitrogen and oxygen atoms in total. The average molecular weight is 782 g/mol. The summed E-state index contributed by atoms with van der Waals surface area (Å²) in [6, 6.07) is -1.53. The number of esters is 2. The number of hydrogen-bond donors (Lipinski definition) is 3. The number of phosphoric ester groups is 1. The maximum Gasteiger partial charge on any atom is 0.472 e. The topological polar surface area (TPSA) is 172 Å². The lowest BCUT2D eigenvalue weighted by molar-refractivity contribution is -0.161. The highest BCUT2D eigenvalue weighted by Crippen LogP contribution is 2.43. The minimum Gasteiger partial charge on any atom is -0.480 e. The van der Waals surface area contributed by atoms with Gasteiger partial charge >= 0.3 is 25.7 Å². The van der Waals surface area contributed by atoms with Crippen molar-refractivity contribution >= 4 is 25.7 Å². The van der Waals surface area contributed by atoms with Crippen LogP contribution in [0.3, 0.4) is 0 Å². The Kier molecular flexibility index (Phi) is 35.2. The summed E-state index contributed by atoms with van der Waals surface area (Å²) in [4.78, 5) is 45.8. The molecular weight excluding hydrogens is 709 g/mol. The third-order valence-corrected chi connectivity index (χ3v) is 9.19. The number of ether oxygens (including phenoxy) is 2. The molecule has 0 radical (unpaired) electrons. The summed E-state index contributed by atoms with van der Waals surface area (Å²) < 4.78 is 32.5. The van der Waals surface area contributed by atoms with E-state index in [4.69, 9.17) is 24.8 Å². The second kappa shape index (κ2) is 37.1. The molecule has 0 spiro atoms. The largest absolute Gasteiger partial charge is 0.480 e. The Labute approximate surface area is 326 Å². The molecule has 0 heterocycles. The van der Waals surface area contributed by atoms with E-state index in [1.807, 2.05) is 0 Å². The fourth-order valence-corrected chi connectivity index (χ4v) is 5.75.